The van der Waals surface area contributed by atoms with Crippen molar-refractivity contribution in [3.8, 4) is 0 Å². The van der Waals surface area contributed by atoms with Crippen LogP contribution in [0.1, 0.15) is 239 Å². The van der Waals surface area contributed by atoms with Gasteiger partial charge in [-0.25, -0.2) is 0 Å². The minimum Gasteiger partial charge on any atom is -0.544 e. The van der Waals surface area contributed by atoms with Gasteiger partial charge in [0.1, 0.15) is 12.6 Å². The third kappa shape index (κ3) is 39.5. The summed E-state index contributed by atoms with van der Waals surface area (Å²) in [6, 6.07) is -0.723. The first kappa shape index (κ1) is 56.1. The van der Waals surface area contributed by atoms with E-state index >= 15 is 0 Å². The van der Waals surface area contributed by atoms with Crippen LogP contribution in [0.5, 0.6) is 0 Å². The highest BCUT2D eigenvalue weighted by Crippen LogP contribution is 2.16. The molecule has 8 nitrogen and oxygen atoms in total. The predicted octanol–water partition coefficient (Wildman–Crippen LogP) is 12.5. The quantitative estimate of drug-likeness (QED) is 0.0261. The van der Waals surface area contributed by atoms with Gasteiger partial charge in [0, 0.05) is 19.3 Å². The fourth-order valence-electron chi connectivity index (χ4n) is 7.54. The Hall–Kier alpha value is -1.93. The summed E-state index contributed by atoms with van der Waals surface area (Å²) in [4.78, 5) is 37.0. The van der Waals surface area contributed by atoms with Crippen molar-refractivity contribution in [3.05, 3.63) is 12.2 Å². The molecule has 2 atom stereocenters. The molecule has 0 aromatic rings. The first-order valence-electron chi connectivity index (χ1n) is 24.7. The first-order chi connectivity index (χ1) is 28.1. The van der Waals surface area contributed by atoms with Crippen molar-refractivity contribution in [3.63, 3.8) is 0 Å². The van der Waals surface area contributed by atoms with Crippen LogP contribution < -0.4 is 5.11 Å². The van der Waals surface area contributed by atoms with Gasteiger partial charge in [0.05, 0.1) is 40.3 Å². The molecule has 0 saturated carbocycles. The molecule has 0 bridgehead atoms. The van der Waals surface area contributed by atoms with E-state index in [-0.39, 0.29) is 42.7 Å². The second kappa shape index (κ2) is 41.8. The lowest BCUT2D eigenvalue weighted by molar-refractivity contribution is -0.889. The fourth-order valence-corrected chi connectivity index (χ4v) is 7.54. The van der Waals surface area contributed by atoms with Crippen molar-refractivity contribution in [1.82, 2.24) is 0 Å². The Labute approximate surface area is 359 Å². The van der Waals surface area contributed by atoms with E-state index in [1.807, 2.05) is 0 Å². The predicted molar refractivity (Wildman–Crippen MR) is 241 cm³/mol. The number of carbonyl (C=O) groups is 3. The van der Waals surface area contributed by atoms with Crippen LogP contribution in [0.3, 0.4) is 0 Å². The summed E-state index contributed by atoms with van der Waals surface area (Å²) in [6.07, 6.45) is 45.2. The molecule has 8 heteroatoms. The number of carbonyl (C=O) groups excluding carboxylic acids is 3. The number of unbranched alkanes of at least 4 members (excludes halogenated alkanes) is 29. The summed E-state index contributed by atoms with van der Waals surface area (Å²) < 4.78 is 17.2. The maximum absolute atomic E-state index is 12.8. The minimum absolute atomic E-state index is 0.0442. The van der Waals surface area contributed by atoms with Crippen molar-refractivity contribution in [1.29, 1.82) is 0 Å². The normalized spacial score (nSPS) is 12.9. The zero-order valence-electron chi connectivity index (χ0n) is 39.0. The molecule has 0 spiro atoms. The number of hydrogen-bond acceptors (Lipinski definition) is 7. The molecule has 0 aliphatic carbocycles. The van der Waals surface area contributed by atoms with Gasteiger partial charge in [-0.05, 0) is 38.5 Å². The Morgan fingerprint density at radius 3 is 1.24 bits per heavy atom. The number of allylic oxidation sites excluding steroid dienone is 2. The maximum atomic E-state index is 12.8. The molecule has 0 fully saturated rings. The molecule has 0 N–H and O–H groups in total. The fraction of sp³-hybridized carbons (Fsp3) is 0.900. The molecule has 0 aromatic heterocycles. The number of esters is 2. The van der Waals surface area contributed by atoms with Gasteiger partial charge in [-0.1, -0.05) is 193 Å². The van der Waals surface area contributed by atoms with Gasteiger partial charge in [0.2, 0.25) is 0 Å². The Bertz CT molecular complexity index is 962. The topological polar surface area (TPSA) is 102 Å². The standard InChI is InChI=1S/C50H95NO7/c1-6-8-10-12-14-16-18-20-22-24-25-27-29-31-33-35-37-39-41-49(53)58-46(44-56-43-42-47(50(54)55)51(3,4)5)45-57-48(52)40-38-36-34-32-30-28-26-23-21-19-17-15-13-11-9-7-2/h23,26,46-47H,6-22,24-25,27-45H2,1-5H3/b26-23+. The zero-order chi connectivity index (χ0) is 42.8. The number of quaternary nitrogens is 1. The number of ether oxygens (including phenoxy) is 3. The molecule has 58 heavy (non-hydrogen) atoms. The van der Waals surface area contributed by atoms with E-state index in [9.17, 15) is 19.5 Å². The lowest BCUT2D eigenvalue weighted by Crippen LogP contribution is -2.55. The van der Waals surface area contributed by atoms with Gasteiger partial charge in [0.25, 0.3) is 0 Å². The first-order valence-corrected chi connectivity index (χ1v) is 24.7. The molecule has 0 aromatic carbocycles. The molecule has 0 heterocycles. The van der Waals surface area contributed by atoms with Crippen molar-refractivity contribution in [2.24, 2.45) is 0 Å². The van der Waals surface area contributed by atoms with E-state index in [1.165, 1.54) is 161 Å². The average molecular weight is 822 g/mol. The Balaban J connectivity index is 4.25. The molecule has 0 aliphatic heterocycles. The largest absolute Gasteiger partial charge is 0.544 e. The lowest BCUT2D eigenvalue weighted by Gasteiger charge is -2.34. The van der Waals surface area contributed by atoms with Gasteiger partial charge in [-0.3, -0.25) is 9.59 Å². The van der Waals surface area contributed by atoms with E-state index in [4.69, 9.17) is 14.2 Å². The van der Waals surface area contributed by atoms with Gasteiger partial charge in [-0.2, -0.15) is 0 Å². The number of carboxylic acids is 1. The Kier molecular flexibility index (Phi) is 40.4. The van der Waals surface area contributed by atoms with E-state index in [2.05, 4.69) is 26.0 Å². The third-order valence-electron chi connectivity index (χ3n) is 11.4. The lowest BCUT2D eigenvalue weighted by atomic mass is 10.0. The van der Waals surface area contributed by atoms with Gasteiger partial charge >= 0.3 is 11.9 Å². The van der Waals surface area contributed by atoms with Crippen LogP contribution in [0.15, 0.2) is 12.2 Å². The van der Waals surface area contributed by atoms with Gasteiger partial charge < -0.3 is 28.6 Å². The molecule has 342 valence electrons. The molecule has 2 unspecified atom stereocenters. The van der Waals surface area contributed by atoms with Crippen LogP contribution in [0.4, 0.5) is 0 Å². The van der Waals surface area contributed by atoms with E-state index in [1.54, 1.807) is 21.1 Å². The number of hydrogen-bond donors (Lipinski definition) is 0. The zero-order valence-corrected chi connectivity index (χ0v) is 39.0. The molecule has 0 saturated heterocycles. The van der Waals surface area contributed by atoms with Crippen molar-refractivity contribution in [2.75, 3.05) is 41.0 Å². The van der Waals surface area contributed by atoms with Crippen LogP contribution >= 0.6 is 0 Å². The number of nitrogens with zero attached hydrogens (tertiary/aromatic N) is 1. The summed E-state index contributed by atoms with van der Waals surface area (Å²) in [5.41, 5.74) is 0. The highest BCUT2D eigenvalue weighted by Gasteiger charge is 2.25. The maximum Gasteiger partial charge on any atom is 0.306 e. The molecule has 0 aliphatic rings. The summed E-state index contributed by atoms with van der Waals surface area (Å²) in [5.74, 6) is -1.73. The Morgan fingerprint density at radius 2 is 0.862 bits per heavy atom. The van der Waals surface area contributed by atoms with Crippen molar-refractivity contribution < 1.29 is 38.2 Å². The minimum atomic E-state index is -1.12. The summed E-state index contributed by atoms with van der Waals surface area (Å²) >= 11 is 0. The summed E-state index contributed by atoms with van der Waals surface area (Å²) in [5, 5.41) is 11.6. The molecular formula is C50H95NO7. The molecule has 0 radical (unpaired) electrons. The van der Waals surface area contributed by atoms with Crippen molar-refractivity contribution in [2.45, 2.75) is 251 Å². The third-order valence-corrected chi connectivity index (χ3v) is 11.4. The smallest absolute Gasteiger partial charge is 0.306 e. The number of carboxylic acid groups (broad SMARTS) is 1. The van der Waals surface area contributed by atoms with Crippen LogP contribution in [-0.2, 0) is 28.6 Å². The SMILES string of the molecule is CCCCCCCCC/C=C/CCCCCCCC(=O)OCC(COCCC(C(=O)[O-])[N+](C)(C)C)OC(=O)CCCCCCCCCCCCCCCCCCCC. The number of rotatable bonds is 45. The number of aliphatic carboxylic acids is 1. The highest BCUT2D eigenvalue weighted by molar-refractivity contribution is 5.70. The van der Waals surface area contributed by atoms with Crippen LogP contribution in [0.25, 0.3) is 0 Å². The van der Waals surface area contributed by atoms with Gasteiger partial charge in [-0.15, -0.1) is 0 Å². The van der Waals surface area contributed by atoms with E-state index < -0.39 is 18.1 Å². The molecular weight excluding hydrogens is 727 g/mol. The summed E-state index contributed by atoms with van der Waals surface area (Å²) in [7, 11) is 5.42. The summed E-state index contributed by atoms with van der Waals surface area (Å²) in [6.45, 7) is 4.69. The van der Waals surface area contributed by atoms with Crippen molar-refractivity contribution >= 4 is 17.9 Å². The monoisotopic (exact) mass is 822 g/mol. The van der Waals surface area contributed by atoms with Crippen LogP contribution in [0, 0.1) is 0 Å². The second-order valence-electron chi connectivity index (χ2n) is 18.1. The van der Waals surface area contributed by atoms with Crippen LogP contribution in [-0.4, -0.2) is 75.5 Å². The van der Waals surface area contributed by atoms with E-state index in [0.717, 1.165) is 44.9 Å². The average Bonchev–Trinajstić information content (AvgIpc) is 3.18. The van der Waals surface area contributed by atoms with Gasteiger partial charge in [0.15, 0.2) is 6.10 Å². The molecule has 0 amide bonds. The molecule has 0 rings (SSSR count). The number of likely N-dealkylation sites (N-methyl/N-ethyl adjacent to an activating group) is 1. The Morgan fingerprint density at radius 1 is 0.500 bits per heavy atom. The highest BCUT2D eigenvalue weighted by atomic mass is 16.6. The van der Waals surface area contributed by atoms with Crippen LogP contribution in [0.2, 0.25) is 0 Å². The van der Waals surface area contributed by atoms with E-state index in [0.29, 0.717) is 12.8 Å². The second-order valence-corrected chi connectivity index (χ2v) is 18.1.